The molecule has 9 heteroatoms. The van der Waals surface area contributed by atoms with Crippen LogP contribution in [0, 0.1) is 29.1 Å². The minimum Gasteiger partial charge on any atom is -0.462 e. The summed E-state index contributed by atoms with van der Waals surface area (Å²) in [5, 5.41) is 1.22. The molecule has 0 heterocycles. The smallest absolute Gasteiger partial charge is 0.342 e. The Kier molecular flexibility index (Phi) is 8.46. The average Bonchev–Trinajstić information content (AvgIpc) is 2.97. The summed E-state index contributed by atoms with van der Waals surface area (Å²) in [4.78, 5) is 27.7. The SMILES string of the molecule is CCOC(=O)C(C(=O)Cc1c(F)c(F)c(F)c(F)c1F)=P(c1ccccc1)(c1ccccc1)c1ccccc1. The van der Waals surface area contributed by atoms with Crippen molar-refractivity contribution in [2.24, 2.45) is 0 Å². The van der Waals surface area contributed by atoms with E-state index in [-0.39, 0.29) is 6.61 Å². The summed E-state index contributed by atoms with van der Waals surface area (Å²) in [6.45, 7) is -2.02. The van der Waals surface area contributed by atoms with Gasteiger partial charge < -0.3 is 4.74 Å². The molecule has 0 aliphatic heterocycles. The lowest BCUT2D eigenvalue weighted by atomic mass is 10.0. The Morgan fingerprint density at radius 3 is 1.33 bits per heavy atom. The summed E-state index contributed by atoms with van der Waals surface area (Å²) < 4.78 is 76.3. The van der Waals surface area contributed by atoms with Crippen LogP contribution in [0.25, 0.3) is 0 Å². The Hall–Kier alpha value is -4.03. The molecule has 0 fully saturated rings. The molecule has 0 saturated carbocycles. The number of rotatable bonds is 8. The third-order valence-electron chi connectivity index (χ3n) is 6.14. The van der Waals surface area contributed by atoms with Gasteiger partial charge in [-0.05, 0) is 29.7 Å². The predicted molar refractivity (Wildman–Crippen MR) is 142 cm³/mol. The molecule has 0 spiro atoms. The molecular weight excluding hydrogens is 534 g/mol. The largest absolute Gasteiger partial charge is 0.462 e. The number of esters is 1. The van der Waals surface area contributed by atoms with Gasteiger partial charge in [0.05, 0.1) is 6.61 Å². The van der Waals surface area contributed by atoms with Crippen molar-refractivity contribution in [3.8, 4) is 0 Å². The van der Waals surface area contributed by atoms with Crippen LogP contribution < -0.4 is 15.9 Å². The van der Waals surface area contributed by atoms with E-state index in [1.165, 1.54) is 6.92 Å². The fourth-order valence-corrected chi connectivity index (χ4v) is 8.80. The monoisotopic (exact) mass is 556 g/mol. The maximum absolute atomic E-state index is 14.7. The molecule has 0 bridgehead atoms. The van der Waals surface area contributed by atoms with Gasteiger partial charge in [-0.15, -0.1) is 0 Å². The van der Waals surface area contributed by atoms with E-state index in [1.807, 2.05) is 0 Å². The molecule has 39 heavy (non-hydrogen) atoms. The van der Waals surface area contributed by atoms with Gasteiger partial charge in [-0.2, -0.15) is 0 Å². The number of ether oxygens (including phenoxy) is 1. The van der Waals surface area contributed by atoms with Crippen LogP contribution in [0.2, 0.25) is 0 Å². The fraction of sp³-hybridized carbons (Fsp3) is 0.100. The predicted octanol–water partition coefficient (Wildman–Crippen LogP) is 5.22. The molecule has 200 valence electrons. The summed E-state index contributed by atoms with van der Waals surface area (Å²) in [6.07, 6.45) is -1.26. The highest BCUT2D eigenvalue weighted by Crippen LogP contribution is 2.47. The van der Waals surface area contributed by atoms with Crippen molar-refractivity contribution in [3.63, 3.8) is 0 Å². The van der Waals surface area contributed by atoms with E-state index in [1.54, 1.807) is 91.0 Å². The molecule has 4 rings (SSSR count). The van der Waals surface area contributed by atoms with E-state index in [9.17, 15) is 31.5 Å². The highest BCUT2D eigenvalue weighted by molar-refractivity contribution is 7.97. The molecule has 0 amide bonds. The molecule has 0 aliphatic rings. The zero-order valence-electron chi connectivity index (χ0n) is 20.6. The highest BCUT2D eigenvalue weighted by atomic mass is 31.2. The highest BCUT2D eigenvalue weighted by Gasteiger charge is 2.38. The fourth-order valence-electron chi connectivity index (χ4n) is 4.48. The second kappa shape index (κ2) is 11.8. The second-order valence-corrected chi connectivity index (χ2v) is 11.7. The van der Waals surface area contributed by atoms with Gasteiger partial charge in [0, 0.05) is 12.0 Å². The van der Waals surface area contributed by atoms with Crippen LogP contribution in [0.4, 0.5) is 22.0 Å². The van der Waals surface area contributed by atoms with Crippen molar-refractivity contribution in [1.29, 1.82) is 0 Å². The van der Waals surface area contributed by atoms with E-state index < -0.39 is 65.0 Å². The quantitative estimate of drug-likeness (QED) is 0.0747. The average molecular weight is 556 g/mol. The lowest BCUT2D eigenvalue weighted by Crippen LogP contribution is -2.39. The summed E-state index contributed by atoms with van der Waals surface area (Å²) in [5.41, 5.74) is -1.33. The number of Topliss-reactive ketones (excluding diaryl/α,β-unsaturated/α-hetero) is 1. The molecule has 4 aromatic rings. The first kappa shape index (κ1) is 28.0. The third-order valence-corrected chi connectivity index (χ3v) is 10.5. The summed E-state index contributed by atoms with van der Waals surface area (Å²) in [5.74, 6) is -13.1. The van der Waals surface area contributed by atoms with Crippen LogP contribution in [0.3, 0.4) is 0 Å². The maximum atomic E-state index is 14.7. The standard InChI is InChI=1S/C30H22F5O3P/c1-2-38-30(37)29(23(36)18-22-24(31)26(33)28(35)27(34)25(22)32)39(19-12-6-3-7-13-19,20-14-8-4-9-15-20)21-16-10-5-11-17-21/h3-17H,2,18H2,1H3. The van der Waals surface area contributed by atoms with Gasteiger partial charge in [0.2, 0.25) is 5.82 Å². The zero-order chi connectivity index (χ0) is 28.2. The van der Waals surface area contributed by atoms with Crippen LogP contribution in [-0.2, 0) is 20.7 Å². The Bertz CT molecular complexity index is 1440. The van der Waals surface area contributed by atoms with Crippen molar-refractivity contribution in [2.75, 3.05) is 6.61 Å². The molecular formula is C30H22F5O3P. The van der Waals surface area contributed by atoms with Crippen molar-refractivity contribution < 1.29 is 36.3 Å². The summed E-state index contributed by atoms with van der Waals surface area (Å²) in [6, 6.07) is 25.9. The Balaban J connectivity index is 2.17. The second-order valence-electron chi connectivity index (χ2n) is 8.39. The molecule has 0 unspecified atom stereocenters. The van der Waals surface area contributed by atoms with Crippen LogP contribution in [-0.4, -0.2) is 23.7 Å². The zero-order valence-corrected chi connectivity index (χ0v) is 21.5. The number of ketones is 1. The molecule has 0 N–H and O–H groups in total. The Labute approximate surface area is 221 Å². The van der Waals surface area contributed by atoms with Gasteiger partial charge in [-0.25, -0.2) is 26.7 Å². The molecule has 3 nitrogen and oxygen atoms in total. The molecule has 0 atom stereocenters. The minimum absolute atomic E-state index is 0.128. The van der Waals surface area contributed by atoms with Gasteiger partial charge in [-0.3, -0.25) is 4.79 Å². The maximum Gasteiger partial charge on any atom is 0.342 e. The first-order valence-corrected chi connectivity index (χ1v) is 13.7. The number of benzene rings is 4. The lowest BCUT2D eigenvalue weighted by molar-refractivity contribution is -0.135. The first-order chi connectivity index (χ1) is 18.7. The van der Waals surface area contributed by atoms with Crippen molar-refractivity contribution in [1.82, 2.24) is 0 Å². The van der Waals surface area contributed by atoms with Gasteiger partial charge in [-0.1, -0.05) is 91.0 Å². The van der Waals surface area contributed by atoms with Gasteiger partial charge in [0.1, 0.15) is 5.29 Å². The van der Waals surface area contributed by atoms with Gasteiger partial charge in [0.15, 0.2) is 29.1 Å². The van der Waals surface area contributed by atoms with Crippen molar-refractivity contribution in [3.05, 3.63) is 126 Å². The van der Waals surface area contributed by atoms with Crippen LogP contribution in [0.15, 0.2) is 91.0 Å². The normalized spacial score (nSPS) is 11.2. The van der Waals surface area contributed by atoms with Gasteiger partial charge >= 0.3 is 5.97 Å². The van der Waals surface area contributed by atoms with Crippen LogP contribution in [0.5, 0.6) is 0 Å². The van der Waals surface area contributed by atoms with Gasteiger partial charge in [0.25, 0.3) is 0 Å². The van der Waals surface area contributed by atoms with E-state index in [4.69, 9.17) is 4.74 Å². The van der Waals surface area contributed by atoms with Crippen molar-refractivity contribution >= 4 is 39.8 Å². The third kappa shape index (κ3) is 5.04. The number of carbonyl (C=O) groups is 2. The van der Waals surface area contributed by atoms with Crippen molar-refractivity contribution in [2.45, 2.75) is 13.3 Å². The lowest BCUT2D eigenvalue weighted by Gasteiger charge is -2.31. The number of hydrogen-bond acceptors (Lipinski definition) is 3. The molecule has 4 aromatic carbocycles. The van der Waals surface area contributed by atoms with E-state index >= 15 is 0 Å². The molecule has 0 aromatic heterocycles. The van der Waals surface area contributed by atoms with E-state index in [0.29, 0.717) is 15.9 Å². The summed E-state index contributed by atoms with van der Waals surface area (Å²) in [7, 11) is 0. The molecule has 0 radical (unpaired) electrons. The number of hydrogen-bond donors (Lipinski definition) is 0. The minimum atomic E-state index is -3.42. The molecule has 0 saturated heterocycles. The number of carbonyl (C=O) groups excluding carboxylic acids is 2. The van der Waals surface area contributed by atoms with Crippen LogP contribution in [0.1, 0.15) is 12.5 Å². The number of halogens is 5. The van der Waals surface area contributed by atoms with Crippen LogP contribution >= 0.6 is 6.89 Å². The Morgan fingerprint density at radius 2 is 0.974 bits per heavy atom. The summed E-state index contributed by atoms with van der Waals surface area (Å²) >= 11 is 0. The Morgan fingerprint density at radius 1 is 0.615 bits per heavy atom. The topological polar surface area (TPSA) is 43.4 Å². The van der Waals surface area contributed by atoms with E-state index in [2.05, 4.69) is 0 Å². The van der Waals surface area contributed by atoms with E-state index in [0.717, 1.165) is 0 Å². The first-order valence-electron chi connectivity index (χ1n) is 11.9. The molecule has 0 aliphatic carbocycles.